The summed E-state index contributed by atoms with van der Waals surface area (Å²) in [5, 5.41) is 1.28. The maximum Gasteiger partial charge on any atom is 0.227 e. The van der Waals surface area contributed by atoms with Crippen molar-refractivity contribution in [2.75, 3.05) is 13.1 Å². The first-order valence-electron chi connectivity index (χ1n) is 10.8. The second-order valence-corrected chi connectivity index (χ2v) is 8.87. The summed E-state index contributed by atoms with van der Waals surface area (Å²) in [5.74, 6) is -0.0429. The molecule has 1 fully saturated rings. The molecule has 3 aromatic carbocycles. The van der Waals surface area contributed by atoms with E-state index in [0.717, 1.165) is 16.7 Å². The van der Waals surface area contributed by atoms with E-state index in [0.29, 0.717) is 40.6 Å². The van der Waals surface area contributed by atoms with Crippen molar-refractivity contribution >= 4 is 47.0 Å². The largest absolute Gasteiger partial charge is 0.338 e. The molecule has 33 heavy (non-hydrogen) atoms. The van der Waals surface area contributed by atoms with Crippen LogP contribution < -0.4 is 0 Å². The molecule has 3 aromatic rings. The van der Waals surface area contributed by atoms with Crippen LogP contribution in [0.15, 0.2) is 90.0 Å². The molecule has 1 heterocycles. The number of halogens is 2. The number of nitrogens with zero attached hydrogens (tertiary/aromatic N) is 1. The van der Waals surface area contributed by atoms with Crippen LogP contribution in [0.2, 0.25) is 10.0 Å². The number of ketones is 1. The van der Waals surface area contributed by atoms with Crippen molar-refractivity contribution in [3.05, 3.63) is 117 Å². The van der Waals surface area contributed by atoms with E-state index in [2.05, 4.69) is 0 Å². The van der Waals surface area contributed by atoms with Gasteiger partial charge in [0.2, 0.25) is 5.91 Å². The lowest BCUT2D eigenvalue weighted by Crippen LogP contribution is -2.34. The lowest BCUT2D eigenvalue weighted by molar-refractivity contribution is -0.129. The average Bonchev–Trinajstić information content (AvgIpc) is 2.97. The Morgan fingerprint density at radius 1 is 0.788 bits per heavy atom. The van der Waals surface area contributed by atoms with E-state index in [9.17, 15) is 9.59 Å². The van der Waals surface area contributed by atoms with Gasteiger partial charge < -0.3 is 4.90 Å². The molecule has 0 aliphatic carbocycles. The van der Waals surface area contributed by atoms with Crippen molar-refractivity contribution in [1.82, 2.24) is 4.90 Å². The highest BCUT2D eigenvalue weighted by Crippen LogP contribution is 2.24. The fourth-order valence-electron chi connectivity index (χ4n) is 3.80. The quantitative estimate of drug-likeness (QED) is 0.403. The topological polar surface area (TPSA) is 37.4 Å². The molecule has 1 aliphatic rings. The van der Waals surface area contributed by atoms with Crippen LogP contribution >= 0.6 is 23.2 Å². The van der Waals surface area contributed by atoms with Crippen LogP contribution in [-0.2, 0) is 16.0 Å². The number of likely N-dealkylation sites (tertiary alicyclic amines) is 1. The predicted molar refractivity (Wildman–Crippen MR) is 135 cm³/mol. The van der Waals surface area contributed by atoms with Crippen molar-refractivity contribution in [2.24, 2.45) is 0 Å². The zero-order valence-corrected chi connectivity index (χ0v) is 19.5. The molecule has 0 radical (unpaired) electrons. The van der Waals surface area contributed by atoms with Crippen LogP contribution in [-0.4, -0.2) is 29.7 Å². The summed E-state index contributed by atoms with van der Waals surface area (Å²) in [5.41, 5.74) is 3.98. The minimum atomic E-state index is -0.0464. The Bertz CT molecular complexity index is 1200. The van der Waals surface area contributed by atoms with Gasteiger partial charge in [0.1, 0.15) is 0 Å². The van der Waals surface area contributed by atoms with Gasteiger partial charge in [-0.25, -0.2) is 0 Å². The van der Waals surface area contributed by atoms with E-state index in [1.54, 1.807) is 29.2 Å². The summed E-state index contributed by atoms with van der Waals surface area (Å²) < 4.78 is 0. The molecule has 0 bridgehead atoms. The summed E-state index contributed by atoms with van der Waals surface area (Å²) in [6.07, 6.45) is 4.53. The maximum atomic E-state index is 13.5. The molecular weight excluding hydrogens is 453 g/mol. The van der Waals surface area contributed by atoms with Crippen molar-refractivity contribution in [3.8, 4) is 0 Å². The van der Waals surface area contributed by atoms with Crippen LogP contribution in [0.1, 0.15) is 23.1 Å². The zero-order valence-electron chi connectivity index (χ0n) is 18.0. The van der Waals surface area contributed by atoms with Gasteiger partial charge in [0, 0.05) is 34.3 Å². The van der Waals surface area contributed by atoms with Gasteiger partial charge in [-0.15, -0.1) is 0 Å². The van der Waals surface area contributed by atoms with E-state index in [1.165, 1.54) is 0 Å². The highest BCUT2D eigenvalue weighted by molar-refractivity contribution is 6.30. The van der Waals surface area contributed by atoms with Crippen molar-refractivity contribution in [1.29, 1.82) is 0 Å². The smallest absolute Gasteiger partial charge is 0.227 e. The Balaban J connectivity index is 1.65. The Hall–Kier alpha value is -3.14. The van der Waals surface area contributed by atoms with Gasteiger partial charge in [0.15, 0.2) is 5.78 Å². The Morgan fingerprint density at radius 2 is 1.33 bits per heavy atom. The molecule has 0 aromatic heterocycles. The Kier molecular flexibility index (Phi) is 7.43. The van der Waals surface area contributed by atoms with E-state index in [4.69, 9.17) is 23.2 Å². The summed E-state index contributed by atoms with van der Waals surface area (Å²) in [6, 6.07) is 24.3. The number of rotatable bonds is 4. The molecule has 5 heteroatoms. The standard InChI is InChI=1S/C28H23Cl2NO2/c29-25-10-6-21(7-11-25)16-23-14-15-31(27(32)18-20-4-2-1-3-5-20)19-24(28(23)33)17-22-8-12-26(30)13-9-22/h1-13,16-17H,14-15,18-19H2/b23-16+,24-17+. The zero-order chi connectivity index (χ0) is 23.2. The van der Waals surface area contributed by atoms with Gasteiger partial charge in [-0.2, -0.15) is 0 Å². The first-order valence-corrected chi connectivity index (χ1v) is 11.5. The molecule has 3 nitrogen and oxygen atoms in total. The highest BCUT2D eigenvalue weighted by atomic mass is 35.5. The molecule has 4 rings (SSSR count). The second kappa shape index (κ2) is 10.7. The molecule has 0 unspecified atom stereocenters. The lowest BCUT2D eigenvalue weighted by Gasteiger charge is -2.21. The van der Waals surface area contributed by atoms with Crippen LogP contribution in [0.3, 0.4) is 0 Å². The van der Waals surface area contributed by atoms with Gasteiger partial charge in [-0.3, -0.25) is 9.59 Å². The van der Waals surface area contributed by atoms with Gasteiger partial charge in [0.05, 0.1) is 6.42 Å². The van der Waals surface area contributed by atoms with Gasteiger partial charge in [0.25, 0.3) is 0 Å². The monoisotopic (exact) mass is 475 g/mol. The van der Waals surface area contributed by atoms with E-state index < -0.39 is 0 Å². The highest BCUT2D eigenvalue weighted by Gasteiger charge is 2.26. The van der Waals surface area contributed by atoms with Crippen LogP contribution in [0.25, 0.3) is 12.2 Å². The number of amides is 1. The van der Waals surface area contributed by atoms with Gasteiger partial charge in [-0.1, -0.05) is 77.8 Å². The van der Waals surface area contributed by atoms with Crippen LogP contribution in [0.5, 0.6) is 0 Å². The first-order chi connectivity index (χ1) is 16.0. The predicted octanol–water partition coefficient (Wildman–Crippen LogP) is 6.50. The molecule has 0 spiro atoms. The average molecular weight is 476 g/mol. The van der Waals surface area contributed by atoms with Crippen molar-refractivity contribution in [2.45, 2.75) is 12.8 Å². The number of benzene rings is 3. The van der Waals surface area contributed by atoms with Gasteiger partial charge >= 0.3 is 0 Å². The van der Waals surface area contributed by atoms with E-state index in [-0.39, 0.29) is 18.2 Å². The third-order valence-corrected chi connectivity index (χ3v) is 6.07. The van der Waals surface area contributed by atoms with Crippen LogP contribution in [0, 0.1) is 0 Å². The SMILES string of the molecule is O=C1/C(=C/c2ccc(Cl)cc2)CCN(C(=O)Cc2ccccc2)C/C1=C\c1ccc(Cl)cc1. The van der Waals surface area contributed by atoms with E-state index >= 15 is 0 Å². The minimum absolute atomic E-state index is 0.00347. The molecule has 0 atom stereocenters. The molecule has 1 saturated heterocycles. The molecular formula is C28H23Cl2NO2. The normalized spacial score (nSPS) is 16.8. The molecule has 0 N–H and O–H groups in total. The van der Waals surface area contributed by atoms with Crippen LogP contribution in [0.4, 0.5) is 0 Å². The third kappa shape index (κ3) is 6.22. The number of hydrogen-bond donors (Lipinski definition) is 0. The second-order valence-electron chi connectivity index (χ2n) is 8.00. The number of carbonyl (C=O) groups is 2. The summed E-state index contributed by atoms with van der Waals surface area (Å²) in [7, 11) is 0. The number of hydrogen-bond acceptors (Lipinski definition) is 2. The lowest BCUT2D eigenvalue weighted by atomic mass is 9.98. The fraction of sp³-hybridized carbons (Fsp3) is 0.143. The molecule has 1 amide bonds. The summed E-state index contributed by atoms with van der Waals surface area (Å²) >= 11 is 12.0. The van der Waals surface area contributed by atoms with E-state index in [1.807, 2.05) is 66.7 Å². The molecule has 166 valence electrons. The minimum Gasteiger partial charge on any atom is -0.338 e. The molecule has 0 saturated carbocycles. The van der Waals surface area contributed by atoms with Crippen molar-refractivity contribution in [3.63, 3.8) is 0 Å². The summed E-state index contributed by atoms with van der Waals surface area (Å²) in [4.78, 5) is 28.4. The molecule has 1 aliphatic heterocycles. The number of carbonyl (C=O) groups excluding carboxylic acids is 2. The van der Waals surface area contributed by atoms with Crippen molar-refractivity contribution < 1.29 is 9.59 Å². The Labute approximate surface area is 203 Å². The first kappa shape index (κ1) is 23.0. The Morgan fingerprint density at radius 3 is 1.91 bits per heavy atom. The summed E-state index contributed by atoms with van der Waals surface area (Å²) in [6.45, 7) is 0.750. The van der Waals surface area contributed by atoms with Gasteiger partial charge in [-0.05, 0) is 59.5 Å². The fourth-order valence-corrected chi connectivity index (χ4v) is 4.05. The third-order valence-electron chi connectivity index (χ3n) is 5.57. The number of Topliss-reactive ketones (excluding diaryl/α,β-unsaturated/α-hetero) is 1. The maximum absolute atomic E-state index is 13.5.